The van der Waals surface area contributed by atoms with E-state index in [1.807, 2.05) is 18.3 Å². The molecule has 1 aromatic carbocycles. The van der Waals surface area contributed by atoms with Gasteiger partial charge in [0.1, 0.15) is 0 Å². The average molecular weight is 456 g/mol. The summed E-state index contributed by atoms with van der Waals surface area (Å²) in [6.07, 6.45) is 5.06. The number of aromatic amines is 1. The molecule has 2 fully saturated rings. The van der Waals surface area contributed by atoms with E-state index in [0.717, 1.165) is 66.5 Å². The standard InChI is InChI=1S/C23H29N5O3S/c1-2-16-5-3-7-18-19(13-24-21(16)18)20(29)15-32-23-26-25-22(27-8-11-30-12-9-27)28(23)14-17-6-4-10-31-17/h3,5,7,13,17,24H,2,4,6,8-12,14-15H2,1H3/t17-/m0/s1. The zero-order valence-corrected chi connectivity index (χ0v) is 19.2. The van der Waals surface area contributed by atoms with Gasteiger partial charge in [0, 0.05) is 42.4 Å². The van der Waals surface area contributed by atoms with Crippen molar-refractivity contribution in [1.82, 2.24) is 19.7 Å². The Bertz CT molecular complexity index is 1080. The summed E-state index contributed by atoms with van der Waals surface area (Å²) in [6, 6.07) is 6.13. The smallest absolute Gasteiger partial charge is 0.228 e. The molecule has 0 aliphatic carbocycles. The highest BCUT2D eigenvalue weighted by Crippen LogP contribution is 2.28. The summed E-state index contributed by atoms with van der Waals surface area (Å²) < 4.78 is 13.5. The summed E-state index contributed by atoms with van der Waals surface area (Å²) >= 11 is 1.45. The van der Waals surface area contributed by atoms with Crippen molar-refractivity contribution in [3.05, 3.63) is 35.5 Å². The van der Waals surface area contributed by atoms with Gasteiger partial charge in [0.25, 0.3) is 0 Å². The van der Waals surface area contributed by atoms with Gasteiger partial charge >= 0.3 is 0 Å². The fraction of sp³-hybridized carbons (Fsp3) is 0.522. The van der Waals surface area contributed by atoms with Gasteiger partial charge in [-0.15, -0.1) is 10.2 Å². The van der Waals surface area contributed by atoms with Crippen LogP contribution in [0.1, 0.15) is 35.7 Å². The number of nitrogens with one attached hydrogen (secondary N) is 1. The van der Waals surface area contributed by atoms with Gasteiger partial charge in [0.05, 0.1) is 31.6 Å². The van der Waals surface area contributed by atoms with Crippen molar-refractivity contribution in [2.45, 2.75) is 44.0 Å². The number of Topliss-reactive ketones (excluding diaryl/α,β-unsaturated/α-hetero) is 1. The molecular weight excluding hydrogens is 426 g/mol. The van der Waals surface area contributed by atoms with E-state index in [2.05, 4.69) is 37.6 Å². The number of benzene rings is 1. The number of H-pyrrole nitrogens is 1. The lowest BCUT2D eigenvalue weighted by Crippen LogP contribution is -2.38. The summed E-state index contributed by atoms with van der Waals surface area (Å²) in [5.74, 6) is 1.25. The molecule has 3 aromatic rings. The Hall–Kier alpha value is -2.36. The van der Waals surface area contributed by atoms with Gasteiger partial charge in [-0.25, -0.2) is 0 Å². The molecule has 0 radical (unpaired) electrons. The lowest BCUT2D eigenvalue weighted by atomic mass is 10.1. The highest BCUT2D eigenvalue weighted by atomic mass is 32.2. The van der Waals surface area contributed by atoms with E-state index >= 15 is 0 Å². The van der Waals surface area contributed by atoms with Crippen LogP contribution < -0.4 is 4.90 Å². The van der Waals surface area contributed by atoms with Gasteiger partial charge in [-0.1, -0.05) is 36.9 Å². The summed E-state index contributed by atoms with van der Waals surface area (Å²) in [6.45, 7) is 6.61. The zero-order chi connectivity index (χ0) is 21.9. The first-order chi connectivity index (χ1) is 15.7. The molecule has 8 nitrogen and oxygen atoms in total. The molecule has 1 N–H and O–H groups in total. The van der Waals surface area contributed by atoms with Gasteiger partial charge in [-0.05, 0) is 24.8 Å². The number of aromatic nitrogens is 4. The second kappa shape index (κ2) is 9.64. The van der Waals surface area contributed by atoms with Crippen LogP contribution in [0.3, 0.4) is 0 Å². The lowest BCUT2D eigenvalue weighted by Gasteiger charge is -2.28. The number of ketones is 1. The number of hydrogen-bond acceptors (Lipinski definition) is 7. The number of nitrogens with zero attached hydrogens (tertiary/aromatic N) is 4. The fourth-order valence-electron chi connectivity index (χ4n) is 4.49. The van der Waals surface area contributed by atoms with Crippen LogP contribution in [-0.2, 0) is 22.4 Å². The Morgan fingerprint density at radius 3 is 2.91 bits per heavy atom. The Morgan fingerprint density at radius 2 is 2.12 bits per heavy atom. The predicted octanol–water partition coefficient (Wildman–Crippen LogP) is 3.31. The minimum Gasteiger partial charge on any atom is -0.378 e. The van der Waals surface area contributed by atoms with E-state index < -0.39 is 0 Å². The van der Waals surface area contributed by atoms with E-state index in [1.165, 1.54) is 17.3 Å². The van der Waals surface area contributed by atoms with Crippen molar-refractivity contribution < 1.29 is 14.3 Å². The first-order valence-corrected chi connectivity index (χ1v) is 12.4. The molecule has 0 bridgehead atoms. The molecule has 2 saturated heterocycles. The lowest BCUT2D eigenvalue weighted by molar-refractivity contribution is 0.0942. The highest BCUT2D eigenvalue weighted by molar-refractivity contribution is 7.99. The van der Waals surface area contributed by atoms with Crippen molar-refractivity contribution in [2.75, 3.05) is 43.6 Å². The van der Waals surface area contributed by atoms with Gasteiger partial charge in [-0.3, -0.25) is 9.36 Å². The van der Waals surface area contributed by atoms with Gasteiger partial charge in [-0.2, -0.15) is 0 Å². The number of carbonyl (C=O) groups is 1. The summed E-state index contributed by atoms with van der Waals surface area (Å²) in [5, 5.41) is 10.7. The number of para-hydroxylation sites is 1. The molecule has 0 amide bonds. The normalized spacial score (nSPS) is 19.2. The number of fused-ring (bicyclic) bond motifs is 1. The second-order valence-electron chi connectivity index (χ2n) is 8.24. The molecule has 0 spiro atoms. The minimum absolute atomic E-state index is 0.0918. The second-order valence-corrected chi connectivity index (χ2v) is 9.18. The Balaban J connectivity index is 1.35. The fourth-order valence-corrected chi connectivity index (χ4v) is 5.31. The summed E-state index contributed by atoms with van der Waals surface area (Å²) in [5.41, 5.74) is 3.02. The third-order valence-corrected chi connectivity index (χ3v) is 7.18. The Kier molecular flexibility index (Phi) is 6.47. The SMILES string of the molecule is CCc1cccc2c(C(=O)CSc3nnc(N4CCOCC4)n3C[C@@H]3CCCO3)c[nH]c12. The Labute approximate surface area is 191 Å². The quantitative estimate of drug-likeness (QED) is 0.412. The van der Waals surface area contributed by atoms with E-state index in [4.69, 9.17) is 9.47 Å². The van der Waals surface area contributed by atoms with Gasteiger partial charge in [0.15, 0.2) is 10.9 Å². The van der Waals surface area contributed by atoms with Crippen LogP contribution in [-0.4, -0.2) is 70.3 Å². The van der Waals surface area contributed by atoms with Crippen LogP contribution >= 0.6 is 11.8 Å². The third-order valence-electron chi connectivity index (χ3n) is 6.22. The molecule has 170 valence electrons. The van der Waals surface area contributed by atoms with E-state index in [0.29, 0.717) is 25.5 Å². The maximum atomic E-state index is 13.1. The number of aryl methyl sites for hydroxylation is 1. The van der Waals surface area contributed by atoms with Crippen molar-refractivity contribution in [1.29, 1.82) is 0 Å². The van der Waals surface area contributed by atoms with Crippen LogP contribution in [0.4, 0.5) is 5.95 Å². The highest BCUT2D eigenvalue weighted by Gasteiger charge is 2.25. The average Bonchev–Trinajstić information content (AvgIpc) is 3.58. The third kappa shape index (κ3) is 4.29. The van der Waals surface area contributed by atoms with Crippen LogP contribution in [0.2, 0.25) is 0 Å². The van der Waals surface area contributed by atoms with Crippen molar-refractivity contribution in [2.24, 2.45) is 0 Å². The number of morpholine rings is 1. The first kappa shape index (κ1) is 21.5. The molecular formula is C23H29N5O3S. The number of carbonyl (C=O) groups excluding carboxylic acids is 1. The molecule has 2 aliphatic heterocycles. The molecule has 0 unspecified atom stereocenters. The van der Waals surface area contributed by atoms with Gasteiger partial charge in [0.2, 0.25) is 5.95 Å². The first-order valence-electron chi connectivity index (χ1n) is 11.4. The minimum atomic E-state index is 0.0918. The van der Waals surface area contributed by atoms with E-state index in [9.17, 15) is 4.79 Å². The van der Waals surface area contributed by atoms with Crippen LogP contribution in [0.25, 0.3) is 10.9 Å². The van der Waals surface area contributed by atoms with Crippen molar-refractivity contribution >= 4 is 34.4 Å². The molecule has 4 heterocycles. The monoisotopic (exact) mass is 455 g/mol. The van der Waals surface area contributed by atoms with E-state index in [-0.39, 0.29) is 11.9 Å². The molecule has 5 rings (SSSR count). The number of ether oxygens (including phenoxy) is 2. The largest absolute Gasteiger partial charge is 0.378 e. The van der Waals surface area contributed by atoms with Crippen LogP contribution in [0, 0.1) is 0 Å². The van der Waals surface area contributed by atoms with E-state index in [1.54, 1.807) is 0 Å². The van der Waals surface area contributed by atoms with Crippen molar-refractivity contribution in [3.63, 3.8) is 0 Å². The van der Waals surface area contributed by atoms with Crippen molar-refractivity contribution in [3.8, 4) is 0 Å². The molecule has 32 heavy (non-hydrogen) atoms. The number of thioether (sulfide) groups is 1. The molecule has 2 aromatic heterocycles. The molecule has 1 atom stereocenters. The maximum Gasteiger partial charge on any atom is 0.228 e. The topological polar surface area (TPSA) is 85.3 Å². The predicted molar refractivity (Wildman–Crippen MR) is 125 cm³/mol. The summed E-state index contributed by atoms with van der Waals surface area (Å²) in [4.78, 5) is 18.6. The van der Waals surface area contributed by atoms with Crippen LogP contribution in [0.15, 0.2) is 29.6 Å². The van der Waals surface area contributed by atoms with Gasteiger partial charge < -0.3 is 19.4 Å². The Morgan fingerprint density at radius 1 is 1.25 bits per heavy atom. The molecule has 2 aliphatic rings. The maximum absolute atomic E-state index is 13.1. The number of hydrogen-bond donors (Lipinski definition) is 1. The number of rotatable bonds is 8. The molecule has 0 saturated carbocycles. The summed E-state index contributed by atoms with van der Waals surface area (Å²) in [7, 11) is 0. The zero-order valence-electron chi connectivity index (χ0n) is 18.4. The molecule has 9 heteroatoms. The van der Waals surface area contributed by atoms with Crippen LogP contribution in [0.5, 0.6) is 0 Å². The number of anilines is 1.